The average molecular weight is 394 g/mol. The molecule has 0 aliphatic heterocycles. The van der Waals surface area contributed by atoms with Gasteiger partial charge in [-0.05, 0) is 12.5 Å². The number of hydrogen-bond donors (Lipinski definition) is 0. The summed E-state index contributed by atoms with van der Waals surface area (Å²) >= 11 is 0. The molecule has 0 aliphatic carbocycles. The van der Waals surface area contributed by atoms with E-state index in [1.807, 2.05) is 0 Å². The normalized spacial score (nSPS) is 12.4. The van der Waals surface area contributed by atoms with Crippen molar-refractivity contribution < 1.29 is 16.9 Å². The largest absolute Gasteiger partial charge is 1.00 e. The van der Waals surface area contributed by atoms with Crippen LogP contribution in [0.25, 0.3) is 0 Å². The number of likely N-dealkylation sites (N-methyl/N-ethyl adjacent to an activating group) is 1. The average Bonchev–Trinajstić information content (AvgIpc) is 2.63. The molecular weight excluding hydrogens is 350 g/mol. The van der Waals surface area contributed by atoms with E-state index in [2.05, 4.69) is 64.0 Å². The molecule has 1 nitrogen and oxygen atoms in total. The van der Waals surface area contributed by atoms with Crippen molar-refractivity contribution in [2.75, 3.05) is 14.1 Å². The molecule has 0 radical (unpaired) electrons. The van der Waals surface area contributed by atoms with Gasteiger partial charge >= 0.3 is 0 Å². The molecule has 0 aliphatic rings. The number of benzene rings is 1. The van der Waals surface area contributed by atoms with Crippen molar-refractivity contribution >= 4 is 0 Å². The minimum absolute atomic E-state index is 0. The lowest BCUT2D eigenvalue weighted by Gasteiger charge is -2.37. The van der Waals surface area contributed by atoms with Gasteiger partial charge in [0.25, 0.3) is 0 Å². The molecule has 0 aromatic heterocycles. The van der Waals surface area contributed by atoms with Crippen LogP contribution < -0.4 is 12.4 Å². The van der Waals surface area contributed by atoms with Crippen molar-refractivity contribution in [1.29, 1.82) is 0 Å². The maximum atomic E-state index is 4.12. The Morgan fingerprint density at radius 2 is 1.30 bits per heavy atom. The Labute approximate surface area is 176 Å². The van der Waals surface area contributed by atoms with Crippen molar-refractivity contribution in [1.82, 2.24) is 0 Å². The van der Waals surface area contributed by atoms with Gasteiger partial charge in [-0.2, -0.15) is 0 Å². The fourth-order valence-corrected chi connectivity index (χ4v) is 3.94. The highest BCUT2D eigenvalue weighted by molar-refractivity contribution is 5.13. The molecule has 0 heterocycles. The smallest absolute Gasteiger partial charge is 0.107 e. The molecule has 0 spiro atoms. The second kappa shape index (κ2) is 16.2. The Morgan fingerprint density at radius 3 is 1.78 bits per heavy atom. The van der Waals surface area contributed by atoms with Gasteiger partial charge in [-0.15, -0.1) is 0 Å². The van der Waals surface area contributed by atoms with E-state index >= 15 is 0 Å². The van der Waals surface area contributed by atoms with E-state index in [1.54, 1.807) is 0 Å². The number of halogens is 1. The maximum absolute atomic E-state index is 4.12. The van der Waals surface area contributed by atoms with Crippen LogP contribution in [0.1, 0.15) is 89.5 Å². The zero-order valence-corrected chi connectivity index (χ0v) is 19.0. The Kier molecular flexibility index (Phi) is 15.7. The minimum Gasteiger partial charge on any atom is -1.00 e. The van der Waals surface area contributed by atoms with Crippen LogP contribution in [-0.4, -0.2) is 24.6 Å². The number of hydrogen-bond acceptors (Lipinski definition) is 0. The number of unbranched alkanes of at least 4 members (excludes halogenated alkanes) is 10. The van der Waals surface area contributed by atoms with Crippen molar-refractivity contribution in [2.45, 2.75) is 96.6 Å². The summed E-state index contributed by atoms with van der Waals surface area (Å²) < 4.78 is 1.01. The van der Waals surface area contributed by atoms with Crippen LogP contribution >= 0.6 is 0 Å². The zero-order chi connectivity index (χ0) is 19.1. The van der Waals surface area contributed by atoms with E-state index < -0.39 is 0 Å². The molecule has 1 atom stereocenters. The summed E-state index contributed by atoms with van der Waals surface area (Å²) in [6.07, 6.45) is 19.0. The van der Waals surface area contributed by atoms with Crippen molar-refractivity contribution in [3.63, 3.8) is 0 Å². The van der Waals surface area contributed by atoms with E-state index in [-0.39, 0.29) is 12.4 Å². The Morgan fingerprint density at radius 1 is 0.815 bits per heavy atom. The van der Waals surface area contributed by atoms with E-state index in [0.717, 1.165) is 11.0 Å². The molecule has 1 aromatic rings. The summed E-state index contributed by atoms with van der Waals surface area (Å²) in [5.41, 5.74) is 1.42. The Bertz CT molecular complexity index is 455. The molecule has 0 N–H and O–H groups in total. The monoisotopic (exact) mass is 393 g/mol. The first-order valence-corrected chi connectivity index (χ1v) is 11.1. The van der Waals surface area contributed by atoms with E-state index in [9.17, 15) is 0 Å². The summed E-state index contributed by atoms with van der Waals surface area (Å²) in [6.45, 7) is 7.49. The first-order valence-electron chi connectivity index (χ1n) is 11.1. The summed E-state index contributed by atoms with van der Waals surface area (Å²) in [4.78, 5) is 0. The Balaban J connectivity index is 0.00000676. The predicted molar refractivity (Wildman–Crippen MR) is 117 cm³/mol. The lowest BCUT2D eigenvalue weighted by molar-refractivity contribution is -0.921. The highest BCUT2D eigenvalue weighted by Crippen LogP contribution is 2.20. The fraction of sp³-hybridized carbons (Fsp3) is 0.680. The van der Waals surface area contributed by atoms with Gasteiger partial charge in [0.1, 0.15) is 12.6 Å². The number of rotatable bonds is 16. The van der Waals surface area contributed by atoms with Crippen molar-refractivity contribution in [2.24, 2.45) is 0 Å². The van der Waals surface area contributed by atoms with Crippen LogP contribution in [-0.2, 0) is 6.54 Å². The molecule has 27 heavy (non-hydrogen) atoms. The van der Waals surface area contributed by atoms with Gasteiger partial charge in [0.15, 0.2) is 0 Å². The molecule has 2 heteroatoms. The fourth-order valence-electron chi connectivity index (χ4n) is 3.94. The molecule has 0 bridgehead atoms. The van der Waals surface area contributed by atoms with Gasteiger partial charge in [0, 0.05) is 12.0 Å². The third-order valence-corrected chi connectivity index (χ3v) is 5.71. The SMILES string of the molecule is C=CC(CCCCCCCCCCCCC)[N+](C)(C)Cc1ccccc1.[Cl-]. The van der Waals surface area contributed by atoms with Crippen LogP contribution in [0.2, 0.25) is 0 Å². The highest BCUT2D eigenvalue weighted by atomic mass is 35.5. The van der Waals surface area contributed by atoms with Gasteiger partial charge in [-0.3, -0.25) is 0 Å². The highest BCUT2D eigenvalue weighted by Gasteiger charge is 2.25. The molecule has 0 saturated carbocycles. The van der Waals surface area contributed by atoms with Crippen LogP contribution in [0.4, 0.5) is 0 Å². The second-order valence-electron chi connectivity index (χ2n) is 8.55. The van der Waals surface area contributed by atoms with Crippen LogP contribution in [0, 0.1) is 0 Å². The molecular formula is C25H44ClN. The summed E-state index contributed by atoms with van der Waals surface area (Å²) in [6, 6.07) is 11.4. The minimum atomic E-state index is 0. The predicted octanol–water partition coefficient (Wildman–Crippen LogP) is 4.52. The number of nitrogens with zero attached hydrogens (tertiary/aromatic N) is 1. The third-order valence-electron chi connectivity index (χ3n) is 5.71. The Hall–Kier alpha value is -0.790. The molecule has 156 valence electrons. The standard InChI is InChI=1S/C25H44N.ClH/c1-5-7-8-9-10-11-12-13-14-15-19-22-25(6-2)26(3,4)23-24-20-17-16-18-21-24;/h6,16-18,20-21,25H,2,5,7-15,19,22-23H2,1,3-4H3;1H/q+1;/p-1. The second-order valence-corrected chi connectivity index (χ2v) is 8.55. The maximum Gasteiger partial charge on any atom is 0.107 e. The third kappa shape index (κ3) is 12.3. The quantitative estimate of drug-likeness (QED) is 0.220. The summed E-state index contributed by atoms with van der Waals surface area (Å²) in [5.74, 6) is 0. The van der Waals surface area contributed by atoms with Gasteiger partial charge in [0.2, 0.25) is 0 Å². The first kappa shape index (κ1) is 26.2. The van der Waals surface area contributed by atoms with Gasteiger partial charge in [-0.25, -0.2) is 0 Å². The molecule has 1 rings (SSSR count). The van der Waals surface area contributed by atoms with Gasteiger partial charge < -0.3 is 16.9 Å². The van der Waals surface area contributed by atoms with Crippen LogP contribution in [0.5, 0.6) is 0 Å². The van der Waals surface area contributed by atoms with E-state index in [4.69, 9.17) is 0 Å². The molecule has 0 fully saturated rings. The van der Waals surface area contributed by atoms with Gasteiger partial charge in [-0.1, -0.05) is 108 Å². The van der Waals surface area contributed by atoms with E-state index in [0.29, 0.717) is 6.04 Å². The first-order chi connectivity index (χ1) is 12.6. The van der Waals surface area contributed by atoms with Crippen molar-refractivity contribution in [3.05, 3.63) is 48.6 Å². The lowest BCUT2D eigenvalue weighted by atomic mass is 10.0. The molecule has 0 saturated heterocycles. The van der Waals surface area contributed by atoms with Crippen LogP contribution in [0.3, 0.4) is 0 Å². The van der Waals surface area contributed by atoms with Crippen LogP contribution in [0.15, 0.2) is 43.0 Å². The van der Waals surface area contributed by atoms with Gasteiger partial charge in [0.05, 0.1) is 14.1 Å². The van der Waals surface area contributed by atoms with Crippen molar-refractivity contribution in [3.8, 4) is 0 Å². The molecule has 1 aromatic carbocycles. The van der Waals surface area contributed by atoms with E-state index in [1.165, 1.54) is 82.6 Å². The molecule has 0 amide bonds. The topological polar surface area (TPSA) is 0 Å². The number of quaternary nitrogens is 1. The zero-order valence-electron chi connectivity index (χ0n) is 18.3. The summed E-state index contributed by atoms with van der Waals surface area (Å²) in [7, 11) is 4.69. The molecule has 1 unspecified atom stereocenters. The lowest BCUT2D eigenvalue weighted by Crippen LogP contribution is -3.00. The summed E-state index contributed by atoms with van der Waals surface area (Å²) in [5, 5.41) is 0.